The second-order valence-corrected chi connectivity index (χ2v) is 4.29. The molecule has 2 heteroatoms. The monoisotopic (exact) mass is 206 g/mol. The van der Waals surface area contributed by atoms with Crippen LogP contribution in [0.15, 0.2) is 12.1 Å². The molecule has 1 rings (SSSR count). The number of benzene rings is 1. The van der Waals surface area contributed by atoms with Crippen molar-refractivity contribution in [3.05, 3.63) is 34.4 Å². The Morgan fingerprint density at radius 2 is 1.73 bits per heavy atom. The van der Waals surface area contributed by atoms with Crippen molar-refractivity contribution in [2.75, 3.05) is 0 Å². The van der Waals surface area contributed by atoms with Crippen molar-refractivity contribution < 1.29 is 9.90 Å². The molecule has 0 aliphatic carbocycles. The third kappa shape index (κ3) is 2.82. The maximum atomic E-state index is 10.6. The Hall–Kier alpha value is -1.31. The first kappa shape index (κ1) is 11.8. The molecule has 1 N–H and O–H groups in total. The average Bonchev–Trinajstić information content (AvgIpc) is 2.09. The molecule has 1 aromatic carbocycles. The molecule has 0 aromatic heterocycles. The summed E-state index contributed by atoms with van der Waals surface area (Å²) in [6.45, 7) is 8.14. The molecular weight excluding hydrogens is 188 g/mol. The van der Waals surface area contributed by atoms with E-state index in [4.69, 9.17) is 5.11 Å². The average molecular weight is 206 g/mol. The summed E-state index contributed by atoms with van der Waals surface area (Å²) in [6, 6.07) is 4.24. The van der Waals surface area contributed by atoms with Crippen molar-refractivity contribution in [1.82, 2.24) is 0 Å². The van der Waals surface area contributed by atoms with Gasteiger partial charge in [0.25, 0.3) is 0 Å². The van der Waals surface area contributed by atoms with E-state index in [1.165, 1.54) is 16.7 Å². The molecule has 0 unspecified atom stereocenters. The van der Waals surface area contributed by atoms with Crippen molar-refractivity contribution >= 4 is 5.97 Å². The summed E-state index contributed by atoms with van der Waals surface area (Å²) in [4.78, 5) is 10.6. The lowest BCUT2D eigenvalue weighted by Gasteiger charge is -2.15. The number of carboxylic acid groups (broad SMARTS) is 1. The van der Waals surface area contributed by atoms with Crippen LogP contribution >= 0.6 is 0 Å². The zero-order valence-corrected chi connectivity index (χ0v) is 9.79. The van der Waals surface area contributed by atoms with Crippen LogP contribution in [0.4, 0.5) is 0 Å². The second kappa shape index (κ2) is 4.47. The van der Waals surface area contributed by atoms with Crippen LogP contribution in [0.25, 0.3) is 0 Å². The van der Waals surface area contributed by atoms with Gasteiger partial charge in [-0.25, -0.2) is 0 Å². The first-order valence-corrected chi connectivity index (χ1v) is 5.21. The zero-order chi connectivity index (χ0) is 11.6. The first-order valence-electron chi connectivity index (χ1n) is 5.21. The Labute approximate surface area is 90.9 Å². The molecule has 0 saturated carbocycles. The second-order valence-electron chi connectivity index (χ2n) is 4.29. The van der Waals surface area contributed by atoms with Crippen LogP contribution in [0.5, 0.6) is 0 Å². The molecule has 1 atom stereocenters. The fourth-order valence-electron chi connectivity index (χ4n) is 1.89. The molecule has 0 spiro atoms. The fourth-order valence-corrected chi connectivity index (χ4v) is 1.89. The van der Waals surface area contributed by atoms with Gasteiger partial charge in [-0.2, -0.15) is 0 Å². The van der Waals surface area contributed by atoms with E-state index in [1.807, 2.05) is 13.8 Å². The lowest BCUT2D eigenvalue weighted by molar-refractivity contribution is -0.137. The van der Waals surface area contributed by atoms with E-state index in [2.05, 4.69) is 26.0 Å². The predicted octanol–water partition coefficient (Wildman–Crippen LogP) is 3.19. The van der Waals surface area contributed by atoms with Crippen LogP contribution in [0.1, 0.15) is 41.5 Å². The van der Waals surface area contributed by atoms with E-state index >= 15 is 0 Å². The summed E-state index contributed by atoms with van der Waals surface area (Å²) in [6.07, 6.45) is 0.198. The fraction of sp³-hybridized carbons (Fsp3) is 0.462. The Kier molecular flexibility index (Phi) is 3.51. The van der Waals surface area contributed by atoms with E-state index in [1.54, 1.807) is 0 Å². The molecule has 0 radical (unpaired) electrons. The highest BCUT2D eigenvalue weighted by atomic mass is 16.4. The van der Waals surface area contributed by atoms with Gasteiger partial charge in [0, 0.05) is 0 Å². The number of aliphatic carboxylic acids is 1. The number of rotatable bonds is 3. The third-order valence-corrected chi connectivity index (χ3v) is 2.89. The number of carbonyl (C=O) groups is 1. The molecule has 0 bridgehead atoms. The van der Waals surface area contributed by atoms with E-state index in [9.17, 15) is 4.79 Å². The van der Waals surface area contributed by atoms with Gasteiger partial charge >= 0.3 is 5.97 Å². The maximum Gasteiger partial charge on any atom is 0.303 e. The van der Waals surface area contributed by atoms with Gasteiger partial charge in [0.2, 0.25) is 0 Å². The highest BCUT2D eigenvalue weighted by Gasteiger charge is 2.13. The van der Waals surface area contributed by atoms with Gasteiger partial charge in [0.15, 0.2) is 0 Å². The summed E-state index contributed by atoms with van der Waals surface area (Å²) in [5.74, 6) is -0.651. The van der Waals surface area contributed by atoms with E-state index < -0.39 is 5.97 Å². The van der Waals surface area contributed by atoms with Gasteiger partial charge in [-0.15, -0.1) is 0 Å². The van der Waals surface area contributed by atoms with Gasteiger partial charge < -0.3 is 5.11 Å². The molecule has 0 saturated heterocycles. The van der Waals surface area contributed by atoms with Crippen molar-refractivity contribution in [2.24, 2.45) is 0 Å². The van der Waals surface area contributed by atoms with Crippen molar-refractivity contribution in [3.8, 4) is 0 Å². The molecule has 15 heavy (non-hydrogen) atoms. The molecule has 82 valence electrons. The highest BCUT2D eigenvalue weighted by Crippen LogP contribution is 2.25. The SMILES string of the molecule is Cc1cc(C)c([C@H](C)CC(=O)O)cc1C. The van der Waals surface area contributed by atoms with Crippen LogP contribution < -0.4 is 0 Å². The number of hydrogen-bond donors (Lipinski definition) is 1. The molecule has 0 fully saturated rings. The predicted molar refractivity (Wildman–Crippen MR) is 61.3 cm³/mol. The topological polar surface area (TPSA) is 37.3 Å². The summed E-state index contributed by atoms with van der Waals surface area (Å²) < 4.78 is 0. The quantitative estimate of drug-likeness (QED) is 0.824. The summed E-state index contributed by atoms with van der Waals surface area (Å²) >= 11 is 0. The van der Waals surface area contributed by atoms with E-state index in [-0.39, 0.29) is 12.3 Å². The van der Waals surface area contributed by atoms with Crippen molar-refractivity contribution in [2.45, 2.75) is 40.0 Å². The molecule has 0 aliphatic heterocycles. The number of carboxylic acids is 1. The smallest absolute Gasteiger partial charge is 0.303 e. The van der Waals surface area contributed by atoms with Gasteiger partial charge in [0.1, 0.15) is 0 Å². The van der Waals surface area contributed by atoms with E-state index in [0.717, 1.165) is 5.56 Å². The van der Waals surface area contributed by atoms with Crippen LogP contribution in [0.3, 0.4) is 0 Å². The summed E-state index contributed by atoms with van der Waals surface area (Å²) in [5.41, 5.74) is 4.83. The van der Waals surface area contributed by atoms with Crippen LogP contribution in [0.2, 0.25) is 0 Å². The molecule has 2 nitrogen and oxygen atoms in total. The zero-order valence-electron chi connectivity index (χ0n) is 9.79. The molecule has 0 heterocycles. The Balaban J connectivity index is 3.03. The number of aryl methyl sites for hydroxylation is 3. The Bertz CT molecular complexity index is 380. The molecule has 1 aromatic rings. The van der Waals surface area contributed by atoms with Gasteiger partial charge in [0.05, 0.1) is 6.42 Å². The van der Waals surface area contributed by atoms with Crippen molar-refractivity contribution in [3.63, 3.8) is 0 Å². The van der Waals surface area contributed by atoms with Gasteiger partial charge in [-0.3, -0.25) is 4.79 Å². The minimum Gasteiger partial charge on any atom is -0.481 e. The third-order valence-electron chi connectivity index (χ3n) is 2.89. The Morgan fingerprint density at radius 1 is 1.20 bits per heavy atom. The lowest BCUT2D eigenvalue weighted by atomic mass is 9.90. The molecule has 0 amide bonds. The van der Waals surface area contributed by atoms with Gasteiger partial charge in [-0.1, -0.05) is 19.1 Å². The first-order chi connectivity index (χ1) is 6.91. The van der Waals surface area contributed by atoms with Crippen LogP contribution in [-0.4, -0.2) is 11.1 Å². The highest BCUT2D eigenvalue weighted by molar-refractivity contribution is 5.68. The van der Waals surface area contributed by atoms with E-state index in [0.29, 0.717) is 0 Å². The lowest BCUT2D eigenvalue weighted by Crippen LogP contribution is -2.05. The molecule has 0 aliphatic rings. The minimum absolute atomic E-state index is 0.0850. The Morgan fingerprint density at radius 3 is 2.27 bits per heavy atom. The maximum absolute atomic E-state index is 10.6. The standard InChI is InChI=1S/C13H18O2/c1-8-5-10(3)12(6-9(8)2)11(4)7-13(14)15/h5-6,11H,7H2,1-4H3,(H,14,15)/t11-/m1/s1. The minimum atomic E-state index is -0.736. The van der Waals surface area contributed by atoms with Crippen LogP contribution in [0, 0.1) is 20.8 Å². The largest absolute Gasteiger partial charge is 0.481 e. The molecular formula is C13H18O2. The summed E-state index contributed by atoms with van der Waals surface area (Å²) in [7, 11) is 0. The number of hydrogen-bond acceptors (Lipinski definition) is 1. The van der Waals surface area contributed by atoms with Crippen LogP contribution in [-0.2, 0) is 4.79 Å². The normalized spacial score (nSPS) is 12.5. The summed E-state index contributed by atoms with van der Waals surface area (Å²) in [5, 5.41) is 8.76. The van der Waals surface area contributed by atoms with Crippen molar-refractivity contribution in [1.29, 1.82) is 0 Å². The van der Waals surface area contributed by atoms with Gasteiger partial charge in [-0.05, 0) is 48.9 Å².